The third-order valence-corrected chi connectivity index (χ3v) is 3.98. The molecule has 0 rings (SSSR count). The van der Waals surface area contributed by atoms with Gasteiger partial charge < -0.3 is 0 Å². The Hall–Kier alpha value is -0.780. The van der Waals surface area contributed by atoms with Gasteiger partial charge in [0.2, 0.25) is 0 Å². The van der Waals surface area contributed by atoms with Crippen LogP contribution in [0.3, 0.4) is 0 Å². The minimum Gasteiger partial charge on any atom is -0.103 e. The molecule has 0 aromatic heterocycles. The zero-order valence-electron chi connectivity index (χ0n) is 12.8. The molecule has 0 amide bonds. The van der Waals surface area contributed by atoms with Crippen LogP contribution in [0.15, 0.2) is 37.0 Å². The molecule has 104 valence electrons. The van der Waals surface area contributed by atoms with Crippen molar-refractivity contribution in [2.75, 3.05) is 0 Å². The Morgan fingerprint density at radius 3 is 2.11 bits per heavy atom. The molecule has 0 aliphatic heterocycles. The second-order valence-electron chi connectivity index (χ2n) is 5.26. The predicted molar refractivity (Wildman–Crippen MR) is 84.8 cm³/mol. The van der Waals surface area contributed by atoms with Crippen molar-refractivity contribution in [3.63, 3.8) is 0 Å². The fourth-order valence-corrected chi connectivity index (χ4v) is 2.62. The van der Waals surface area contributed by atoms with Gasteiger partial charge in [-0.2, -0.15) is 0 Å². The Morgan fingerprint density at radius 2 is 1.67 bits per heavy atom. The van der Waals surface area contributed by atoms with E-state index in [-0.39, 0.29) is 0 Å². The Morgan fingerprint density at radius 1 is 1.06 bits per heavy atom. The first-order valence-corrected chi connectivity index (χ1v) is 7.57. The number of allylic oxidation sites excluding steroid dienone is 4. The summed E-state index contributed by atoms with van der Waals surface area (Å²) in [5.74, 6) is 1.61. The van der Waals surface area contributed by atoms with Crippen molar-refractivity contribution in [1.29, 1.82) is 0 Å². The molecule has 2 atom stereocenters. The summed E-state index contributed by atoms with van der Waals surface area (Å²) >= 11 is 0. The smallest absolute Gasteiger partial charge is 0.0318 e. The standard InChI is InChI=1S/C18H32/c1-6-11-17(10-5)15-18(12-7-2)14-13-16(8-3)9-4/h6-8,17-18H,1-2,9-15H2,3-5H3. The topological polar surface area (TPSA) is 0 Å². The molecule has 0 bridgehead atoms. The van der Waals surface area contributed by atoms with Crippen LogP contribution in [0.5, 0.6) is 0 Å². The minimum absolute atomic E-state index is 0.800. The van der Waals surface area contributed by atoms with E-state index in [1.165, 1.54) is 32.1 Å². The summed E-state index contributed by atoms with van der Waals surface area (Å²) in [7, 11) is 0. The minimum atomic E-state index is 0.800. The molecule has 0 heterocycles. The zero-order chi connectivity index (χ0) is 13.8. The Labute approximate surface area is 115 Å². The molecule has 0 fully saturated rings. The van der Waals surface area contributed by atoms with Gasteiger partial charge in [0.05, 0.1) is 0 Å². The summed E-state index contributed by atoms with van der Waals surface area (Å²) in [5, 5.41) is 0. The van der Waals surface area contributed by atoms with E-state index in [2.05, 4.69) is 52.2 Å². The van der Waals surface area contributed by atoms with Crippen molar-refractivity contribution in [3.05, 3.63) is 37.0 Å². The normalized spacial score (nSPS) is 15.2. The summed E-state index contributed by atoms with van der Waals surface area (Å²) in [6, 6.07) is 0. The molecule has 0 nitrogen and oxygen atoms in total. The number of rotatable bonds is 11. The molecule has 2 unspecified atom stereocenters. The molecule has 0 aliphatic carbocycles. The quantitative estimate of drug-likeness (QED) is 0.376. The van der Waals surface area contributed by atoms with Gasteiger partial charge in [0.1, 0.15) is 0 Å². The highest BCUT2D eigenvalue weighted by atomic mass is 14.2. The maximum absolute atomic E-state index is 3.91. The first kappa shape index (κ1) is 17.2. The first-order chi connectivity index (χ1) is 8.71. The molecule has 0 aromatic rings. The van der Waals surface area contributed by atoms with Crippen LogP contribution in [0, 0.1) is 11.8 Å². The van der Waals surface area contributed by atoms with Crippen molar-refractivity contribution in [3.8, 4) is 0 Å². The van der Waals surface area contributed by atoms with E-state index in [0.29, 0.717) is 0 Å². The molecule has 0 aromatic carbocycles. The van der Waals surface area contributed by atoms with Crippen LogP contribution in [0.25, 0.3) is 0 Å². The van der Waals surface area contributed by atoms with Crippen LogP contribution in [0.1, 0.15) is 65.7 Å². The lowest BCUT2D eigenvalue weighted by Gasteiger charge is -2.21. The van der Waals surface area contributed by atoms with Gasteiger partial charge in [-0.3, -0.25) is 0 Å². The summed E-state index contributed by atoms with van der Waals surface area (Å²) in [5.41, 5.74) is 1.60. The molecular formula is C18H32. The van der Waals surface area contributed by atoms with Gasteiger partial charge >= 0.3 is 0 Å². The van der Waals surface area contributed by atoms with E-state index in [1.807, 2.05) is 0 Å². The molecule has 0 N–H and O–H groups in total. The lowest BCUT2D eigenvalue weighted by molar-refractivity contribution is 0.347. The van der Waals surface area contributed by atoms with Crippen LogP contribution >= 0.6 is 0 Å². The average molecular weight is 248 g/mol. The Bertz CT molecular complexity index is 247. The van der Waals surface area contributed by atoms with E-state index >= 15 is 0 Å². The second kappa shape index (κ2) is 11.3. The maximum Gasteiger partial charge on any atom is -0.0318 e. The SMILES string of the molecule is C=CCC(CC)CC(CC=C)CCC(=CC)CC. The third-order valence-electron chi connectivity index (χ3n) is 3.98. The van der Waals surface area contributed by atoms with Crippen LogP contribution in [0.4, 0.5) is 0 Å². The molecule has 18 heavy (non-hydrogen) atoms. The summed E-state index contributed by atoms with van der Waals surface area (Å²) in [6.07, 6.45) is 15.1. The molecular weight excluding hydrogens is 216 g/mol. The third kappa shape index (κ3) is 7.53. The van der Waals surface area contributed by atoms with Crippen molar-refractivity contribution < 1.29 is 0 Å². The number of hydrogen-bond acceptors (Lipinski definition) is 0. The molecule has 0 saturated heterocycles. The van der Waals surface area contributed by atoms with Crippen molar-refractivity contribution in [1.82, 2.24) is 0 Å². The fraction of sp³-hybridized carbons (Fsp3) is 0.667. The van der Waals surface area contributed by atoms with Gasteiger partial charge in [0.15, 0.2) is 0 Å². The molecule has 0 aliphatic rings. The summed E-state index contributed by atoms with van der Waals surface area (Å²) in [4.78, 5) is 0. The highest BCUT2D eigenvalue weighted by Gasteiger charge is 2.13. The highest BCUT2D eigenvalue weighted by Crippen LogP contribution is 2.27. The van der Waals surface area contributed by atoms with Gasteiger partial charge in [-0.15, -0.1) is 13.2 Å². The van der Waals surface area contributed by atoms with Crippen molar-refractivity contribution in [2.24, 2.45) is 11.8 Å². The van der Waals surface area contributed by atoms with E-state index in [9.17, 15) is 0 Å². The fourth-order valence-electron chi connectivity index (χ4n) is 2.62. The molecule has 0 heteroatoms. The monoisotopic (exact) mass is 248 g/mol. The van der Waals surface area contributed by atoms with Crippen molar-refractivity contribution in [2.45, 2.75) is 65.7 Å². The second-order valence-corrected chi connectivity index (χ2v) is 5.26. The summed E-state index contributed by atoms with van der Waals surface area (Å²) in [6.45, 7) is 14.5. The summed E-state index contributed by atoms with van der Waals surface area (Å²) < 4.78 is 0. The van der Waals surface area contributed by atoms with Gasteiger partial charge in [-0.05, 0) is 57.3 Å². The molecule has 0 spiro atoms. The van der Waals surface area contributed by atoms with E-state index in [0.717, 1.165) is 24.7 Å². The predicted octanol–water partition coefficient (Wildman–Crippen LogP) is 6.31. The lowest BCUT2D eigenvalue weighted by Crippen LogP contribution is -2.08. The zero-order valence-corrected chi connectivity index (χ0v) is 12.8. The van der Waals surface area contributed by atoms with Crippen LogP contribution in [0.2, 0.25) is 0 Å². The van der Waals surface area contributed by atoms with Crippen LogP contribution in [-0.4, -0.2) is 0 Å². The van der Waals surface area contributed by atoms with E-state index in [4.69, 9.17) is 0 Å². The van der Waals surface area contributed by atoms with Gasteiger partial charge in [0, 0.05) is 0 Å². The first-order valence-electron chi connectivity index (χ1n) is 7.57. The van der Waals surface area contributed by atoms with Crippen LogP contribution in [-0.2, 0) is 0 Å². The van der Waals surface area contributed by atoms with Crippen molar-refractivity contribution >= 4 is 0 Å². The van der Waals surface area contributed by atoms with E-state index in [1.54, 1.807) is 5.57 Å². The maximum atomic E-state index is 3.91. The highest BCUT2D eigenvalue weighted by molar-refractivity contribution is 4.99. The van der Waals surface area contributed by atoms with Gasteiger partial charge in [0.25, 0.3) is 0 Å². The van der Waals surface area contributed by atoms with Gasteiger partial charge in [-0.1, -0.05) is 44.1 Å². The van der Waals surface area contributed by atoms with E-state index < -0.39 is 0 Å². The lowest BCUT2D eigenvalue weighted by atomic mass is 9.84. The number of hydrogen-bond donors (Lipinski definition) is 0. The van der Waals surface area contributed by atoms with Gasteiger partial charge in [-0.25, -0.2) is 0 Å². The molecule has 0 radical (unpaired) electrons. The average Bonchev–Trinajstić information content (AvgIpc) is 2.39. The van der Waals surface area contributed by atoms with Crippen LogP contribution < -0.4 is 0 Å². The Balaban J connectivity index is 4.27. The largest absolute Gasteiger partial charge is 0.103 e. The molecule has 0 saturated carbocycles. The Kier molecular flexibility index (Phi) is 10.8.